The van der Waals surface area contributed by atoms with Crippen LogP contribution >= 0.6 is 0 Å². The number of nitrogens with one attached hydrogen (secondary N) is 1. The molecule has 4 rings (SSSR count). The van der Waals surface area contributed by atoms with Crippen LogP contribution < -0.4 is 11.2 Å². The van der Waals surface area contributed by atoms with Crippen molar-refractivity contribution in [3.63, 3.8) is 0 Å². The van der Waals surface area contributed by atoms with Crippen molar-refractivity contribution < 1.29 is 4.79 Å². The fourth-order valence-electron chi connectivity index (χ4n) is 3.82. The van der Waals surface area contributed by atoms with Crippen molar-refractivity contribution in [2.24, 2.45) is 23.6 Å². The number of hydrogen-bond donors (Lipinski definition) is 2. The molecule has 0 spiro atoms. The summed E-state index contributed by atoms with van der Waals surface area (Å²) < 4.78 is 1.83. The number of aromatic nitrogens is 2. The molecule has 0 radical (unpaired) electrons. The lowest BCUT2D eigenvalue weighted by Gasteiger charge is -2.26. The Morgan fingerprint density at radius 2 is 2.09 bits per heavy atom. The van der Waals surface area contributed by atoms with Crippen molar-refractivity contribution in [1.82, 2.24) is 19.9 Å². The predicted octanol–water partition coefficient (Wildman–Crippen LogP) is 0.737. The van der Waals surface area contributed by atoms with Gasteiger partial charge in [0.1, 0.15) is 0 Å². The lowest BCUT2D eigenvalue weighted by atomic mass is 9.95. The largest absolute Gasteiger partial charge is 0.347 e. The average Bonchev–Trinajstić information content (AvgIpc) is 2.84. The first-order valence-electron chi connectivity index (χ1n) is 7.72. The minimum absolute atomic E-state index is 0.126. The molecular weight excluding hydrogens is 278 g/mol. The van der Waals surface area contributed by atoms with Gasteiger partial charge in [0.15, 0.2) is 0 Å². The van der Waals surface area contributed by atoms with E-state index in [1.54, 1.807) is 0 Å². The molecular formula is C16H21N5O. The van der Waals surface area contributed by atoms with Crippen molar-refractivity contribution >= 4 is 11.4 Å². The zero-order chi connectivity index (χ0) is 15.5. The normalized spacial score (nSPS) is 27.9. The highest BCUT2D eigenvalue weighted by molar-refractivity contribution is 5.83. The van der Waals surface area contributed by atoms with Gasteiger partial charge in [0, 0.05) is 30.8 Å². The van der Waals surface area contributed by atoms with E-state index in [2.05, 4.69) is 10.4 Å². The van der Waals surface area contributed by atoms with Gasteiger partial charge in [0.25, 0.3) is 0 Å². The lowest BCUT2D eigenvalue weighted by molar-refractivity contribution is -0.125. The van der Waals surface area contributed by atoms with Crippen LogP contribution in [0.4, 0.5) is 0 Å². The first-order valence-corrected chi connectivity index (χ1v) is 7.72. The number of nitrogens with zero attached hydrogens (tertiary/aromatic N) is 3. The summed E-state index contributed by atoms with van der Waals surface area (Å²) in [6.45, 7) is 5.73. The molecule has 0 aromatic carbocycles. The van der Waals surface area contributed by atoms with E-state index < -0.39 is 5.54 Å². The predicted molar refractivity (Wildman–Crippen MR) is 82.6 cm³/mol. The van der Waals surface area contributed by atoms with Crippen molar-refractivity contribution in [2.75, 3.05) is 13.1 Å². The molecule has 2 aromatic rings. The van der Waals surface area contributed by atoms with Crippen LogP contribution in [-0.4, -0.2) is 33.6 Å². The molecule has 1 saturated heterocycles. The first kappa shape index (κ1) is 13.7. The maximum Gasteiger partial charge on any atom is 0.224 e. The third kappa shape index (κ3) is 2.02. The molecule has 116 valence electrons. The molecule has 6 nitrogen and oxygen atoms in total. The van der Waals surface area contributed by atoms with Crippen LogP contribution in [0.3, 0.4) is 0 Å². The molecule has 2 aliphatic rings. The SMILES string of the molecule is CC(C)(NC(=O)C1[C@H]2CN(N)C[C@@H]12)c1cnn2ccccc12. The molecule has 3 heterocycles. The summed E-state index contributed by atoms with van der Waals surface area (Å²) in [6, 6.07) is 5.95. The molecule has 2 fully saturated rings. The molecule has 0 bridgehead atoms. The minimum Gasteiger partial charge on any atom is -0.347 e. The summed E-state index contributed by atoms with van der Waals surface area (Å²) in [5, 5.41) is 9.38. The van der Waals surface area contributed by atoms with Crippen molar-refractivity contribution in [3.8, 4) is 0 Å². The van der Waals surface area contributed by atoms with Gasteiger partial charge in [-0.25, -0.2) is 9.52 Å². The van der Waals surface area contributed by atoms with Crippen LogP contribution in [0.1, 0.15) is 19.4 Å². The maximum absolute atomic E-state index is 12.6. The molecule has 6 heteroatoms. The number of hydrogen-bond acceptors (Lipinski definition) is 4. The van der Waals surface area contributed by atoms with E-state index >= 15 is 0 Å². The molecule has 3 N–H and O–H groups in total. The standard InChI is InChI=1S/C16H21N5O/c1-16(2,12-7-18-21-6-4-3-5-13(12)21)19-15(22)14-10-8-20(17)9-11(10)14/h3-7,10-11,14H,8-9,17H2,1-2H3,(H,19,22)/t10-,11+,14?. The van der Waals surface area contributed by atoms with E-state index in [0.29, 0.717) is 11.8 Å². The summed E-state index contributed by atoms with van der Waals surface area (Å²) in [5.74, 6) is 6.91. The molecule has 2 aromatic heterocycles. The highest BCUT2D eigenvalue weighted by atomic mass is 16.2. The Kier molecular flexibility index (Phi) is 2.83. The Hall–Kier alpha value is -1.92. The summed E-state index contributed by atoms with van der Waals surface area (Å²) in [5.41, 5.74) is 1.61. The molecule has 1 aliphatic carbocycles. The Balaban J connectivity index is 1.53. The highest BCUT2D eigenvalue weighted by Gasteiger charge is 2.59. The van der Waals surface area contributed by atoms with Gasteiger partial charge in [-0.2, -0.15) is 5.10 Å². The van der Waals surface area contributed by atoms with Crippen LogP contribution in [-0.2, 0) is 10.3 Å². The molecule has 1 amide bonds. The number of amides is 1. The van der Waals surface area contributed by atoms with Gasteiger partial charge in [-0.15, -0.1) is 0 Å². The van der Waals surface area contributed by atoms with E-state index in [9.17, 15) is 4.79 Å². The zero-order valence-corrected chi connectivity index (χ0v) is 12.9. The fraction of sp³-hybridized carbons (Fsp3) is 0.500. The third-order valence-electron chi connectivity index (χ3n) is 5.06. The quantitative estimate of drug-likeness (QED) is 0.820. The summed E-state index contributed by atoms with van der Waals surface area (Å²) in [6.07, 6.45) is 3.75. The van der Waals surface area contributed by atoms with Crippen molar-refractivity contribution in [2.45, 2.75) is 19.4 Å². The lowest BCUT2D eigenvalue weighted by Crippen LogP contribution is -2.43. The Bertz CT molecular complexity index is 725. The first-order chi connectivity index (χ1) is 10.5. The van der Waals surface area contributed by atoms with E-state index in [0.717, 1.165) is 24.2 Å². The van der Waals surface area contributed by atoms with Gasteiger partial charge in [0.05, 0.1) is 17.3 Å². The van der Waals surface area contributed by atoms with E-state index in [-0.39, 0.29) is 11.8 Å². The monoisotopic (exact) mass is 299 g/mol. The minimum atomic E-state index is -0.445. The second kappa shape index (κ2) is 4.54. The number of rotatable bonds is 3. The van der Waals surface area contributed by atoms with E-state index in [4.69, 9.17) is 5.84 Å². The Labute approximate surface area is 129 Å². The number of hydrazine groups is 1. The molecule has 1 saturated carbocycles. The summed E-state index contributed by atoms with van der Waals surface area (Å²) >= 11 is 0. The number of fused-ring (bicyclic) bond motifs is 2. The number of piperidine rings is 1. The molecule has 3 atom stereocenters. The molecule has 22 heavy (non-hydrogen) atoms. The van der Waals surface area contributed by atoms with Gasteiger partial charge in [0.2, 0.25) is 5.91 Å². The van der Waals surface area contributed by atoms with E-state index in [1.807, 2.05) is 54.0 Å². The third-order valence-corrected chi connectivity index (χ3v) is 5.06. The second-order valence-corrected chi connectivity index (χ2v) is 7.01. The van der Waals surface area contributed by atoms with Crippen molar-refractivity contribution in [3.05, 3.63) is 36.2 Å². The number of pyridine rings is 1. The van der Waals surface area contributed by atoms with Gasteiger partial charge in [-0.1, -0.05) is 6.07 Å². The summed E-state index contributed by atoms with van der Waals surface area (Å²) in [7, 11) is 0. The number of carbonyl (C=O) groups excluding carboxylic acids is 1. The molecule has 1 unspecified atom stereocenters. The van der Waals surface area contributed by atoms with Gasteiger partial charge in [-0.3, -0.25) is 10.6 Å². The Morgan fingerprint density at radius 1 is 1.36 bits per heavy atom. The fourth-order valence-corrected chi connectivity index (χ4v) is 3.82. The smallest absolute Gasteiger partial charge is 0.224 e. The van der Waals surface area contributed by atoms with Crippen LogP contribution in [0.5, 0.6) is 0 Å². The number of carbonyl (C=O) groups is 1. The van der Waals surface area contributed by atoms with Crippen molar-refractivity contribution in [1.29, 1.82) is 0 Å². The van der Waals surface area contributed by atoms with Gasteiger partial charge >= 0.3 is 0 Å². The van der Waals surface area contributed by atoms with Crippen LogP contribution in [0.25, 0.3) is 5.52 Å². The van der Waals surface area contributed by atoms with Crippen LogP contribution in [0.15, 0.2) is 30.6 Å². The molecule has 1 aliphatic heterocycles. The van der Waals surface area contributed by atoms with Crippen LogP contribution in [0, 0.1) is 17.8 Å². The number of nitrogens with two attached hydrogens (primary N) is 1. The van der Waals surface area contributed by atoms with E-state index in [1.165, 1.54) is 0 Å². The second-order valence-electron chi connectivity index (χ2n) is 7.01. The Morgan fingerprint density at radius 3 is 2.82 bits per heavy atom. The van der Waals surface area contributed by atoms with Crippen LogP contribution in [0.2, 0.25) is 0 Å². The van der Waals surface area contributed by atoms with Gasteiger partial charge < -0.3 is 5.32 Å². The van der Waals surface area contributed by atoms with Gasteiger partial charge in [-0.05, 0) is 37.8 Å². The maximum atomic E-state index is 12.6. The summed E-state index contributed by atoms with van der Waals surface area (Å²) in [4.78, 5) is 12.6. The topological polar surface area (TPSA) is 75.7 Å². The highest BCUT2D eigenvalue weighted by Crippen LogP contribution is 2.51. The average molecular weight is 299 g/mol. The zero-order valence-electron chi connectivity index (χ0n) is 12.9.